The average molecular weight is 449 g/mol. The largest absolute Gasteiger partial charge is 0.345 e. The van der Waals surface area contributed by atoms with Gasteiger partial charge in [0.1, 0.15) is 0 Å². The fourth-order valence-corrected chi connectivity index (χ4v) is 5.32. The zero-order valence-corrected chi connectivity index (χ0v) is 18.7. The van der Waals surface area contributed by atoms with E-state index in [0.717, 1.165) is 30.2 Å². The number of imide groups is 1. The Morgan fingerprint density at radius 3 is 2.47 bits per heavy atom. The third kappa shape index (κ3) is 3.75. The summed E-state index contributed by atoms with van der Waals surface area (Å²) in [5.74, 6) is -0.507. The number of aromatic nitrogens is 1. The Balaban J connectivity index is 1.27. The van der Waals surface area contributed by atoms with E-state index in [2.05, 4.69) is 30.0 Å². The molecule has 32 heavy (non-hydrogen) atoms. The van der Waals surface area contributed by atoms with E-state index in [4.69, 9.17) is 4.98 Å². The molecule has 3 heterocycles. The predicted molar refractivity (Wildman–Crippen MR) is 125 cm³/mol. The van der Waals surface area contributed by atoms with Gasteiger partial charge in [-0.05, 0) is 42.3 Å². The van der Waals surface area contributed by atoms with Crippen molar-refractivity contribution in [3.63, 3.8) is 0 Å². The van der Waals surface area contributed by atoms with Crippen LogP contribution < -0.4 is 9.80 Å². The highest BCUT2D eigenvalue weighted by atomic mass is 32.1. The molecule has 8 heteroatoms. The van der Waals surface area contributed by atoms with E-state index < -0.39 is 0 Å². The quantitative estimate of drug-likeness (QED) is 0.572. The minimum absolute atomic E-state index is 0.0810. The van der Waals surface area contributed by atoms with Crippen molar-refractivity contribution < 1.29 is 14.4 Å². The first kappa shape index (κ1) is 20.6. The topological polar surface area (TPSA) is 73.8 Å². The van der Waals surface area contributed by atoms with E-state index in [1.807, 2.05) is 4.90 Å². The second-order valence-electron chi connectivity index (χ2n) is 8.10. The molecule has 0 N–H and O–H groups in total. The van der Waals surface area contributed by atoms with Crippen LogP contribution in [0.1, 0.15) is 35.7 Å². The number of rotatable bonds is 4. The minimum atomic E-state index is -0.213. The van der Waals surface area contributed by atoms with Gasteiger partial charge in [0.2, 0.25) is 11.8 Å². The molecule has 0 unspecified atom stereocenters. The third-order valence-corrected chi connectivity index (χ3v) is 7.17. The number of anilines is 2. The smallest absolute Gasteiger partial charge is 0.254 e. The van der Waals surface area contributed by atoms with Crippen LogP contribution in [0, 0.1) is 0 Å². The number of fused-ring (bicyclic) bond motifs is 1. The Kier molecular flexibility index (Phi) is 5.38. The molecule has 7 nitrogen and oxygen atoms in total. The van der Waals surface area contributed by atoms with Gasteiger partial charge < -0.3 is 9.80 Å². The lowest BCUT2D eigenvalue weighted by Gasteiger charge is -2.34. The first-order valence-electron chi connectivity index (χ1n) is 10.9. The third-order valence-electron chi connectivity index (χ3n) is 6.09. The van der Waals surface area contributed by atoms with Gasteiger partial charge in [0.05, 0.1) is 15.9 Å². The van der Waals surface area contributed by atoms with Crippen LogP contribution in [0.4, 0.5) is 10.8 Å². The van der Waals surface area contributed by atoms with Gasteiger partial charge in [-0.25, -0.2) is 4.98 Å². The highest BCUT2D eigenvalue weighted by molar-refractivity contribution is 7.22. The first-order chi connectivity index (χ1) is 15.5. The summed E-state index contributed by atoms with van der Waals surface area (Å²) in [6.45, 7) is 4.78. The van der Waals surface area contributed by atoms with E-state index >= 15 is 0 Å². The van der Waals surface area contributed by atoms with Gasteiger partial charge in [-0.1, -0.05) is 30.4 Å². The normalized spacial score (nSPS) is 17.0. The van der Waals surface area contributed by atoms with Gasteiger partial charge in [0.15, 0.2) is 5.13 Å². The fraction of sp³-hybridized carbons (Fsp3) is 0.333. The summed E-state index contributed by atoms with van der Waals surface area (Å²) >= 11 is 1.70. The predicted octanol–water partition coefficient (Wildman–Crippen LogP) is 3.47. The van der Waals surface area contributed by atoms with Crippen molar-refractivity contribution in [2.24, 2.45) is 0 Å². The molecule has 2 aromatic carbocycles. The van der Waals surface area contributed by atoms with Crippen molar-refractivity contribution in [2.75, 3.05) is 36.0 Å². The van der Waals surface area contributed by atoms with Crippen LogP contribution in [0.15, 0.2) is 42.5 Å². The molecule has 3 aromatic rings. The number of amides is 3. The van der Waals surface area contributed by atoms with E-state index in [1.54, 1.807) is 35.6 Å². The van der Waals surface area contributed by atoms with Gasteiger partial charge in [-0.3, -0.25) is 19.3 Å². The molecule has 0 bridgehead atoms. The van der Waals surface area contributed by atoms with Crippen molar-refractivity contribution in [3.05, 3.63) is 53.6 Å². The second-order valence-corrected chi connectivity index (χ2v) is 9.11. The van der Waals surface area contributed by atoms with Crippen molar-refractivity contribution in [1.82, 2.24) is 9.88 Å². The number of benzene rings is 2. The number of thiazole rings is 1. The molecule has 164 valence electrons. The molecule has 2 aliphatic rings. The SMILES string of the molecule is CCc1ccc2nc(N3CCN(C(=O)c4cccc(N5C(=O)CCC5=O)c4)CC3)sc2c1. The highest BCUT2D eigenvalue weighted by Gasteiger charge is 2.31. The maximum absolute atomic E-state index is 13.1. The van der Waals surface area contributed by atoms with Gasteiger partial charge in [-0.15, -0.1) is 0 Å². The van der Waals surface area contributed by atoms with Crippen LogP contribution in [-0.2, 0) is 16.0 Å². The van der Waals surface area contributed by atoms with Crippen molar-refractivity contribution in [3.8, 4) is 0 Å². The number of carbonyl (C=O) groups excluding carboxylic acids is 3. The standard InChI is InChI=1S/C24H24N4O3S/c1-2-16-6-7-19-20(14-16)32-24(25-19)27-12-10-26(11-13-27)23(31)17-4-3-5-18(15-17)28-21(29)8-9-22(28)30/h3-7,14-15H,2,8-13H2,1H3. The zero-order chi connectivity index (χ0) is 22.2. The monoisotopic (exact) mass is 448 g/mol. The lowest BCUT2D eigenvalue weighted by atomic mass is 10.1. The van der Waals surface area contributed by atoms with Crippen molar-refractivity contribution in [2.45, 2.75) is 26.2 Å². The minimum Gasteiger partial charge on any atom is -0.345 e. The molecule has 0 radical (unpaired) electrons. The summed E-state index contributed by atoms with van der Waals surface area (Å²) in [5.41, 5.74) is 3.30. The first-order valence-corrected chi connectivity index (χ1v) is 11.7. The van der Waals surface area contributed by atoms with E-state index in [0.29, 0.717) is 24.3 Å². The average Bonchev–Trinajstić information content (AvgIpc) is 3.40. The molecule has 2 aliphatic heterocycles. The Labute approximate surface area is 190 Å². The lowest BCUT2D eigenvalue weighted by Crippen LogP contribution is -2.48. The van der Waals surface area contributed by atoms with Gasteiger partial charge in [-0.2, -0.15) is 0 Å². The molecule has 0 spiro atoms. The maximum atomic E-state index is 13.1. The van der Waals surface area contributed by atoms with Crippen molar-refractivity contribution >= 4 is 50.1 Å². The molecule has 2 saturated heterocycles. The van der Waals surface area contributed by atoms with E-state index in [9.17, 15) is 14.4 Å². The van der Waals surface area contributed by atoms with Gasteiger partial charge in [0, 0.05) is 44.6 Å². The van der Waals surface area contributed by atoms with Crippen LogP contribution in [0.3, 0.4) is 0 Å². The Bertz CT molecular complexity index is 1200. The Hall–Kier alpha value is -3.26. The number of aryl methyl sites for hydroxylation is 1. The van der Waals surface area contributed by atoms with Crippen LogP contribution in [0.25, 0.3) is 10.2 Å². The highest BCUT2D eigenvalue weighted by Crippen LogP contribution is 2.30. The molecule has 0 aliphatic carbocycles. The number of carbonyl (C=O) groups is 3. The van der Waals surface area contributed by atoms with Crippen LogP contribution in [0.2, 0.25) is 0 Å². The number of nitrogens with zero attached hydrogens (tertiary/aromatic N) is 4. The molecular formula is C24H24N4O3S. The maximum Gasteiger partial charge on any atom is 0.254 e. The summed E-state index contributed by atoms with van der Waals surface area (Å²) in [6, 6.07) is 13.2. The molecular weight excluding hydrogens is 424 g/mol. The molecule has 3 amide bonds. The number of hydrogen-bond donors (Lipinski definition) is 0. The molecule has 0 saturated carbocycles. The summed E-state index contributed by atoms with van der Waals surface area (Å²) in [4.78, 5) is 47.2. The number of piperazine rings is 1. The van der Waals surface area contributed by atoms with E-state index in [-0.39, 0.29) is 30.6 Å². The van der Waals surface area contributed by atoms with E-state index in [1.165, 1.54) is 15.2 Å². The summed E-state index contributed by atoms with van der Waals surface area (Å²) in [5, 5.41) is 0.994. The molecule has 0 atom stereocenters. The van der Waals surface area contributed by atoms with Crippen molar-refractivity contribution in [1.29, 1.82) is 0 Å². The summed E-state index contributed by atoms with van der Waals surface area (Å²) in [7, 11) is 0. The molecule has 2 fully saturated rings. The fourth-order valence-electron chi connectivity index (χ4n) is 4.24. The molecule has 5 rings (SSSR count). The van der Waals surface area contributed by atoms with Crippen LogP contribution in [0.5, 0.6) is 0 Å². The van der Waals surface area contributed by atoms with Crippen LogP contribution >= 0.6 is 11.3 Å². The Morgan fingerprint density at radius 1 is 1.00 bits per heavy atom. The number of hydrogen-bond acceptors (Lipinski definition) is 6. The zero-order valence-electron chi connectivity index (χ0n) is 17.9. The van der Waals surface area contributed by atoms with Gasteiger partial charge >= 0.3 is 0 Å². The summed E-state index contributed by atoms with van der Waals surface area (Å²) < 4.78 is 1.20. The van der Waals surface area contributed by atoms with Gasteiger partial charge in [0.25, 0.3) is 5.91 Å². The lowest BCUT2D eigenvalue weighted by molar-refractivity contribution is -0.121. The summed E-state index contributed by atoms with van der Waals surface area (Å²) in [6.07, 6.45) is 1.46. The second kappa shape index (κ2) is 8.35. The Morgan fingerprint density at radius 2 is 1.75 bits per heavy atom. The molecule has 1 aromatic heterocycles. The van der Waals surface area contributed by atoms with Crippen LogP contribution in [-0.4, -0.2) is 53.8 Å².